The largest absolute Gasteiger partial charge is 0.490 e. The number of carbonyl (C=O) groups is 1. The first-order chi connectivity index (χ1) is 20.3. The SMILES string of the molecule is COC(=O)c1ccc2c(c1)N(C[C@@H]1CC[C@H]1C(O[Si](C)(C)C(C)(C)C)C(O)CO)C[C@@]1(CCCc3cc(Cl)ccc31)CO2. The number of fused-ring (bicyclic) bond motifs is 3. The highest BCUT2D eigenvalue weighted by Crippen LogP contribution is 2.48. The van der Waals surface area contributed by atoms with Crippen molar-refractivity contribution in [3.8, 4) is 5.75 Å². The summed E-state index contributed by atoms with van der Waals surface area (Å²) in [6.07, 6.45) is 3.60. The molecule has 0 saturated heterocycles. The number of halogens is 1. The van der Waals surface area contributed by atoms with E-state index in [1.807, 2.05) is 18.2 Å². The zero-order chi connectivity index (χ0) is 31.2. The first kappa shape index (κ1) is 32.3. The molecule has 1 spiro atoms. The van der Waals surface area contributed by atoms with Crippen molar-refractivity contribution in [2.45, 2.75) is 88.6 Å². The molecule has 0 aromatic heterocycles. The van der Waals surface area contributed by atoms with Crippen LogP contribution in [0, 0.1) is 11.8 Å². The highest BCUT2D eigenvalue weighted by molar-refractivity contribution is 6.74. The van der Waals surface area contributed by atoms with Crippen LogP contribution < -0.4 is 9.64 Å². The van der Waals surface area contributed by atoms with Crippen LogP contribution in [-0.2, 0) is 21.0 Å². The molecular weight excluding hydrogens is 582 g/mol. The number of methoxy groups -OCH3 is 1. The van der Waals surface area contributed by atoms with E-state index in [-0.39, 0.29) is 34.9 Å². The molecule has 2 N–H and O–H groups in total. The van der Waals surface area contributed by atoms with Crippen LogP contribution in [0.1, 0.15) is 67.9 Å². The van der Waals surface area contributed by atoms with E-state index in [2.05, 4.69) is 50.9 Å². The average Bonchev–Trinajstić information content (AvgIpc) is 3.10. The minimum Gasteiger partial charge on any atom is -0.490 e. The third kappa shape index (κ3) is 6.36. The molecule has 5 rings (SSSR count). The van der Waals surface area contributed by atoms with Gasteiger partial charge in [-0.05, 0) is 104 Å². The van der Waals surface area contributed by atoms with E-state index in [9.17, 15) is 15.0 Å². The van der Waals surface area contributed by atoms with Crippen molar-refractivity contribution >= 4 is 31.6 Å². The lowest BCUT2D eigenvalue weighted by molar-refractivity contribution is -0.0731. The molecule has 1 aliphatic heterocycles. The van der Waals surface area contributed by atoms with Crippen molar-refractivity contribution in [2.75, 3.05) is 38.3 Å². The molecule has 2 unspecified atom stereocenters. The Kier molecular flexibility index (Phi) is 9.28. The third-order valence-corrected chi connectivity index (χ3v) is 15.3. The molecule has 236 valence electrons. The first-order valence-corrected chi connectivity index (χ1v) is 18.9. The summed E-state index contributed by atoms with van der Waals surface area (Å²) in [4.78, 5) is 15.0. The van der Waals surface area contributed by atoms with Gasteiger partial charge in [-0.1, -0.05) is 38.4 Å². The van der Waals surface area contributed by atoms with E-state index in [4.69, 9.17) is 25.5 Å². The van der Waals surface area contributed by atoms with Gasteiger partial charge in [0.2, 0.25) is 0 Å². The summed E-state index contributed by atoms with van der Waals surface area (Å²) in [5.74, 6) is 0.732. The minimum absolute atomic E-state index is 0.0192. The summed E-state index contributed by atoms with van der Waals surface area (Å²) in [7, 11) is -0.809. The topological polar surface area (TPSA) is 88.5 Å². The van der Waals surface area contributed by atoms with Crippen LogP contribution in [0.5, 0.6) is 5.75 Å². The van der Waals surface area contributed by atoms with Gasteiger partial charge >= 0.3 is 5.97 Å². The van der Waals surface area contributed by atoms with Gasteiger partial charge in [0.15, 0.2) is 8.32 Å². The Labute approximate surface area is 262 Å². The fourth-order valence-corrected chi connectivity index (χ4v) is 8.53. The van der Waals surface area contributed by atoms with Crippen LogP contribution in [0.3, 0.4) is 0 Å². The monoisotopic (exact) mass is 629 g/mol. The summed E-state index contributed by atoms with van der Waals surface area (Å²) in [6, 6.07) is 11.8. The smallest absolute Gasteiger partial charge is 0.337 e. The molecule has 0 bridgehead atoms. The van der Waals surface area contributed by atoms with Crippen LogP contribution in [-0.4, -0.2) is 70.1 Å². The normalized spacial score (nSPS) is 25.1. The van der Waals surface area contributed by atoms with E-state index in [1.165, 1.54) is 18.2 Å². The number of rotatable bonds is 8. The fourth-order valence-electron chi connectivity index (χ4n) is 6.97. The molecule has 1 saturated carbocycles. The fraction of sp³-hybridized carbons (Fsp3) is 0.618. The maximum atomic E-state index is 12.6. The van der Waals surface area contributed by atoms with Gasteiger partial charge in [-0.2, -0.15) is 0 Å². The number of aliphatic hydroxyl groups is 2. The van der Waals surface area contributed by atoms with Crippen LogP contribution in [0.4, 0.5) is 5.69 Å². The lowest BCUT2D eigenvalue weighted by Crippen LogP contribution is -2.55. The molecule has 3 aliphatic rings. The van der Waals surface area contributed by atoms with Crippen molar-refractivity contribution in [1.29, 1.82) is 0 Å². The van der Waals surface area contributed by atoms with Gasteiger partial charge in [0.25, 0.3) is 0 Å². The number of nitrogens with zero attached hydrogens (tertiary/aromatic N) is 1. The lowest BCUT2D eigenvalue weighted by atomic mass is 9.68. The highest BCUT2D eigenvalue weighted by Gasteiger charge is 2.48. The number of aryl methyl sites for hydroxylation is 1. The number of esters is 1. The molecule has 0 amide bonds. The molecular formula is C34H48ClNO6Si. The summed E-state index contributed by atoms with van der Waals surface area (Å²) in [6.45, 7) is 12.7. The number of hydrogen-bond donors (Lipinski definition) is 2. The quantitative estimate of drug-likeness (QED) is 0.259. The summed E-state index contributed by atoms with van der Waals surface area (Å²) in [5, 5.41) is 21.8. The van der Waals surface area contributed by atoms with Crippen molar-refractivity contribution in [2.24, 2.45) is 11.8 Å². The summed E-state index contributed by atoms with van der Waals surface area (Å²) < 4.78 is 18.5. The Morgan fingerprint density at radius 2 is 1.98 bits per heavy atom. The second kappa shape index (κ2) is 12.4. The van der Waals surface area contributed by atoms with E-state index in [0.717, 1.165) is 61.7 Å². The van der Waals surface area contributed by atoms with Crippen molar-refractivity contribution in [3.63, 3.8) is 0 Å². The van der Waals surface area contributed by atoms with E-state index >= 15 is 0 Å². The number of benzene rings is 2. The Morgan fingerprint density at radius 1 is 1.21 bits per heavy atom. The number of hydrogen-bond acceptors (Lipinski definition) is 7. The maximum Gasteiger partial charge on any atom is 0.337 e. The minimum atomic E-state index is -2.21. The second-order valence-corrected chi connectivity index (χ2v) is 19.6. The Balaban J connectivity index is 1.50. The maximum absolute atomic E-state index is 12.6. The van der Waals surface area contributed by atoms with Crippen molar-refractivity contribution < 1.29 is 28.9 Å². The number of carbonyl (C=O) groups excluding carboxylic acids is 1. The molecule has 5 atom stereocenters. The van der Waals surface area contributed by atoms with Crippen LogP contribution in [0.15, 0.2) is 36.4 Å². The predicted molar refractivity (Wildman–Crippen MR) is 173 cm³/mol. The zero-order valence-electron chi connectivity index (χ0n) is 26.5. The average molecular weight is 630 g/mol. The summed E-state index contributed by atoms with van der Waals surface area (Å²) >= 11 is 6.42. The van der Waals surface area contributed by atoms with E-state index in [0.29, 0.717) is 12.2 Å². The second-order valence-electron chi connectivity index (χ2n) is 14.4. The van der Waals surface area contributed by atoms with Gasteiger partial charge < -0.3 is 29.0 Å². The zero-order valence-corrected chi connectivity index (χ0v) is 28.2. The molecule has 43 heavy (non-hydrogen) atoms. The predicted octanol–water partition coefficient (Wildman–Crippen LogP) is 6.37. The lowest BCUT2D eigenvalue weighted by Gasteiger charge is -2.50. The molecule has 0 radical (unpaired) electrons. The first-order valence-electron chi connectivity index (χ1n) is 15.6. The number of anilines is 1. The van der Waals surface area contributed by atoms with Crippen LogP contribution in [0.2, 0.25) is 23.2 Å². The standard InChI is InChI=1S/C34H48ClNO6Si/c1-33(2,3)43(5,6)42-31(29(38)19-37)26-12-9-24(26)18-36-20-34(15-7-8-22-16-25(35)11-13-27(22)34)21-41-30-14-10-23(17-28(30)36)32(39)40-4/h10-11,13-14,16-17,24,26,29,31,37-38H,7-9,12,15,18-21H2,1-6H3/t24-,26+,29?,31?,34-/m0/s1. The Morgan fingerprint density at radius 3 is 2.63 bits per heavy atom. The van der Waals surface area contributed by atoms with Gasteiger partial charge in [0, 0.05) is 23.5 Å². The molecule has 2 aromatic carbocycles. The Hall–Kier alpha value is -2.10. The van der Waals surface area contributed by atoms with Crippen molar-refractivity contribution in [1.82, 2.24) is 0 Å². The van der Waals surface area contributed by atoms with Crippen LogP contribution in [0.25, 0.3) is 0 Å². The highest BCUT2D eigenvalue weighted by atomic mass is 35.5. The molecule has 2 aliphatic carbocycles. The van der Waals surface area contributed by atoms with Gasteiger partial charge in [-0.15, -0.1) is 0 Å². The third-order valence-electron chi connectivity index (χ3n) is 10.6. The van der Waals surface area contributed by atoms with Crippen LogP contribution >= 0.6 is 11.6 Å². The Bertz CT molecular complexity index is 1330. The number of ether oxygens (including phenoxy) is 2. The van der Waals surface area contributed by atoms with Gasteiger partial charge in [0.1, 0.15) is 11.9 Å². The summed E-state index contributed by atoms with van der Waals surface area (Å²) in [5.41, 5.74) is 3.70. The van der Waals surface area contributed by atoms with Gasteiger partial charge in [0.05, 0.1) is 37.7 Å². The molecule has 2 aromatic rings. The molecule has 9 heteroatoms. The van der Waals surface area contributed by atoms with Gasteiger partial charge in [-0.25, -0.2) is 4.79 Å². The molecule has 1 heterocycles. The molecule has 1 fully saturated rings. The number of aliphatic hydroxyl groups excluding tert-OH is 2. The van der Waals surface area contributed by atoms with E-state index in [1.54, 1.807) is 6.07 Å². The van der Waals surface area contributed by atoms with Gasteiger partial charge in [-0.3, -0.25) is 0 Å². The van der Waals surface area contributed by atoms with Crippen molar-refractivity contribution in [3.05, 3.63) is 58.1 Å². The molecule has 7 nitrogen and oxygen atoms in total. The van der Waals surface area contributed by atoms with E-state index < -0.39 is 20.5 Å².